The molecule has 15 heavy (non-hydrogen) atoms. The molecule has 1 aromatic rings. The van der Waals surface area contributed by atoms with Crippen LogP contribution in [0.15, 0.2) is 22.7 Å². The van der Waals surface area contributed by atoms with Gasteiger partial charge in [0.1, 0.15) is 0 Å². The minimum Gasteiger partial charge on any atom is -0.478 e. The first-order chi connectivity index (χ1) is 7.00. The van der Waals surface area contributed by atoms with E-state index < -0.39 is 5.97 Å². The number of hydrogen-bond donors (Lipinski definition) is 3. The fourth-order valence-electron chi connectivity index (χ4n) is 1.12. The third-order valence-corrected chi connectivity index (χ3v) is 2.32. The van der Waals surface area contributed by atoms with Crippen LogP contribution in [0, 0.1) is 0 Å². The van der Waals surface area contributed by atoms with Gasteiger partial charge in [0.15, 0.2) is 0 Å². The molecule has 4 N–H and O–H groups in total. The lowest BCUT2D eigenvalue weighted by Crippen LogP contribution is -2.25. The van der Waals surface area contributed by atoms with Crippen LogP contribution in [0.5, 0.6) is 0 Å². The highest BCUT2D eigenvalue weighted by molar-refractivity contribution is 9.10. The molecule has 0 aliphatic carbocycles. The van der Waals surface area contributed by atoms with Crippen LogP contribution in [-0.2, 0) is 0 Å². The summed E-state index contributed by atoms with van der Waals surface area (Å²) in [6, 6.07) is 4.95. The van der Waals surface area contributed by atoms with Crippen molar-refractivity contribution in [3.63, 3.8) is 0 Å². The number of hydrogen-bond acceptors (Lipinski definition) is 3. The molecule has 0 spiro atoms. The first-order valence-corrected chi connectivity index (χ1v) is 5.32. The number of carboxylic acid groups (broad SMARTS) is 1. The Balaban J connectivity index is 2.92. The van der Waals surface area contributed by atoms with Gasteiger partial charge >= 0.3 is 5.97 Å². The highest BCUT2D eigenvalue weighted by Crippen LogP contribution is 2.21. The Labute approximate surface area is 96.6 Å². The van der Waals surface area contributed by atoms with Crippen molar-refractivity contribution in [2.75, 3.05) is 11.9 Å². The minimum absolute atomic E-state index is 0.0226. The molecule has 1 atom stereocenters. The predicted molar refractivity (Wildman–Crippen MR) is 63.2 cm³/mol. The van der Waals surface area contributed by atoms with Crippen LogP contribution in [0.1, 0.15) is 17.3 Å². The summed E-state index contributed by atoms with van der Waals surface area (Å²) >= 11 is 3.29. The van der Waals surface area contributed by atoms with Gasteiger partial charge in [0.05, 0.1) is 5.56 Å². The van der Waals surface area contributed by atoms with Gasteiger partial charge < -0.3 is 16.2 Å². The Morgan fingerprint density at radius 2 is 2.33 bits per heavy atom. The number of benzene rings is 1. The van der Waals surface area contributed by atoms with E-state index >= 15 is 0 Å². The highest BCUT2D eigenvalue weighted by Gasteiger charge is 2.10. The second-order valence-electron chi connectivity index (χ2n) is 3.35. The molecule has 1 aromatic carbocycles. The van der Waals surface area contributed by atoms with Crippen molar-refractivity contribution in [2.45, 2.75) is 13.0 Å². The molecule has 4 nitrogen and oxygen atoms in total. The van der Waals surface area contributed by atoms with E-state index in [4.69, 9.17) is 10.8 Å². The summed E-state index contributed by atoms with van der Waals surface area (Å²) in [4.78, 5) is 10.9. The van der Waals surface area contributed by atoms with E-state index in [1.807, 2.05) is 6.92 Å². The zero-order chi connectivity index (χ0) is 11.4. The quantitative estimate of drug-likeness (QED) is 0.783. The Bertz CT molecular complexity index is 366. The summed E-state index contributed by atoms with van der Waals surface area (Å²) < 4.78 is 0.833. The third kappa shape index (κ3) is 3.53. The monoisotopic (exact) mass is 272 g/mol. The van der Waals surface area contributed by atoms with Gasteiger partial charge in [-0.15, -0.1) is 0 Å². The van der Waals surface area contributed by atoms with Crippen molar-refractivity contribution < 1.29 is 9.90 Å². The predicted octanol–water partition coefficient (Wildman–Crippen LogP) is 1.91. The number of carboxylic acids is 1. The Hall–Kier alpha value is -1.07. The molecule has 0 saturated carbocycles. The van der Waals surface area contributed by atoms with Gasteiger partial charge in [-0.25, -0.2) is 4.79 Å². The second-order valence-corrected chi connectivity index (χ2v) is 4.27. The average Bonchev–Trinajstić information content (AvgIpc) is 2.14. The van der Waals surface area contributed by atoms with E-state index in [1.54, 1.807) is 18.2 Å². The lowest BCUT2D eigenvalue weighted by molar-refractivity contribution is 0.0698. The first-order valence-electron chi connectivity index (χ1n) is 4.53. The Morgan fingerprint density at radius 3 is 2.87 bits per heavy atom. The van der Waals surface area contributed by atoms with Crippen molar-refractivity contribution in [2.24, 2.45) is 5.73 Å². The van der Waals surface area contributed by atoms with Gasteiger partial charge in [0.2, 0.25) is 0 Å². The van der Waals surface area contributed by atoms with E-state index in [9.17, 15) is 4.79 Å². The summed E-state index contributed by atoms with van der Waals surface area (Å²) in [5, 5.41) is 11.9. The second kappa shape index (κ2) is 5.14. The van der Waals surface area contributed by atoms with Gasteiger partial charge in [-0.2, -0.15) is 0 Å². The topological polar surface area (TPSA) is 75.3 Å². The fourth-order valence-corrected chi connectivity index (χ4v) is 1.48. The number of nitrogens with two attached hydrogens (primary N) is 1. The van der Waals surface area contributed by atoms with Gasteiger partial charge in [0, 0.05) is 22.7 Å². The SMILES string of the molecule is CC(N)CNc1cc(Br)ccc1C(=O)O. The molecule has 0 radical (unpaired) electrons. The van der Waals surface area contributed by atoms with Crippen molar-refractivity contribution in [1.82, 2.24) is 0 Å². The summed E-state index contributed by atoms with van der Waals surface area (Å²) in [6.45, 7) is 2.39. The minimum atomic E-state index is -0.949. The molecular formula is C10H13BrN2O2. The van der Waals surface area contributed by atoms with E-state index in [1.165, 1.54) is 0 Å². The highest BCUT2D eigenvalue weighted by atomic mass is 79.9. The largest absolute Gasteiger partial charge is 0.478 e. The van der Waals surface area contributed by atoms with Crippen LogP contribution in [-0.4, -0.2) is 23.7 Å². The molecule has 0 amide bonds. The molecular weight excluding hydrogens is 260 g/mol. The fraction of sp³-hybridized carbons (Fsp3) is 0.300. The first kappa shape index (κ1) is 12.0. The van der Waals surface area contributed by atoms with Crippen molar-refractivity contribution >= 4 is 27.6 Å². The summed E-state index contributed by atoms with van der Waals surface area (Å²) in [7, 11) is 0. The van der Waals surface area contributed by atoms with Crippen LogP contribution in [0.3, 0.4) is 0 Å². The van der Waals surface area contributed by atoms with Crippen LogP contribution in [0.2, 0.25) is 0 Å². The molecule has 0 bridgehead atoms. The molecule has 0 heterocycles. The maximum atomic E-state index is 10.9. The lowest BCUT2D eigenvalue weighted by Gasteiger charge is -2.11. The average molecular weight is 273 g/mol. The normalized spacial score (nSPS) is 12.2. The summed E-state index contributed by atoms with van der Waals surface area (Å²) in [5.41, 5.74) is 6.41. The Kier molecular flexibility index (Phi) is 4.11. The molecule has 0 fully saturated rings. The lowest BCUT2D eigenvalue weighted by atomic mass is 10.1. The molecule has 5 heteroatoms. The molecule has 1 rings (SSSR count). The van der Waals surface area contributed by atoms with E-state index in [0.717, 1.165) is 4.47 Å². The molecule has 0 aliphatic heterocycles. The van der Waals surface area contributed by atoms with Crippen LogP contribution >= 0.6 is 15.9 Å². The Morgan fingerprint density at radius 1 is 1.67 bits per heavy atom. The van der Waals surface area contributed by atoms with Crippen LogP contribution in [0.4, 0.5) is 5.69 Å². The van der Waals surface area contributed by atoms with Crippen LogP contribution < -0.4 is 11.1 Å². The smallest absolute Gasteiger partial charge is 0.337 e. The maximum absolute atomic E-state index is 10.9. The van der Waals surface area contributed by atoms with Gasteiger partial charge in [-0.3, -0.25) is 0 Å². The zero-order valence-corrected chi connectivity index (χ0v) is 9.91. The molecule has 82 valence electrons. The van der Waals surface area contributed by atoms with Crippen molar-refractivity contribution in [1.29, 1.82) is 0 Å². The number of aromatic carboxylic acids is 1. The van der Waals surface area contributed by atoms with E-state index in [2.05, 4.69) is 21.2 Å². The number of carbonyl (C=O) groups is 1. The van der Waals surface area contributed by atoms with Crippen molar-refractivity contribution in [3.8, 4) is 0 Å². The maximum Gasteiger partial charge on any atom is 0.337 e. The number of nitrogens with one attached hydrogen (secondary N) is 1. The number of anilines is 1. The molecule has 1 unspecified atom stereocenters. The standard InChI is InChI=1S/C10H13BrN2O2/c1-6(12)5-13-9-4-7(11)2-3-8(9)10(14)15/h2-4,6,13H,5,12H2,1H3,(H,14,15). The van der Waals surface area contributed by atoms with Crippen LogP contribution in [0.25, 0.3) is 0 Å². The van der Waals surface area contributed by atoms with Crippen molar-refractivity contribution in [3.05, 3.63) is 28.2 Å². The molecule has 0 aromatic heterocycles. The zero-order valence-electron chi connectivity index (χ0n) is 8.33. The van der Waals surface area contributed by atoms with Gasteiger partial charge in [-0.1, -0.05) is 15.9 Å². The third-order valence-electron chi connectivity index (χ3n) is 1.83. The van der Waals surface area contributed by atoms with E-state index in [-0.39, 0.29) is 11.6 Å². The van der Waals surface area contributed by atoms with Gasteiger partial charge in [-0.05, 0) is 25.1 Å². The van der Waals surface area contributed by atoms with Gasteiger partial charge in [0.25, 0.3) is 0 Å². The summed E-state index contributed by atoms with van der Waals surface area (Å²) in [5.74, 6) is -0.949. The molecule has 0 saturated heterocycles. The summed E-state index contributed by atoms with van der Waals surface area (Å²) in [6.07, 6.45) is 0. The molecule has 0 aliphatic rings. The number of halogens is 1. The van der Waals surface area contributed by atoms with E-state index in [0.29, 0.717) is 12.2 Å². The number of rotatable bonds is 4.